The molecule has 2 saturated heterocycles. The Morgan fingerprint density at radius 3 is 2.55 bits per heavy atom. The topological polar surface area (TPSA) is 66.6 Å². The molecule has 0 radical (unpaired) electrons. The predicted molar refractivity (Wildman–Crippen MR) is 77.9 cm³/mol. The van der Waals surface area contributed by atoms with Gasteiger partial charge in [0, 0.05) is 25.0 Å². The molecule has 0 aliphatic carbocycles. The lowest BCUT2D eigenvalue weighted by Gasteiger charge is -2.31. The molecule has 2 heterocycles. The first-order valence-electron chi connectivity index (χ1n) is 7.76. The lowest BCUT2D eigenvalue weighted by atomic mass is 10.1. The number of hydrogen-bond acceptors (Lipinski definition) is 3. The van der Waals surface area contributed by atoms with Gasteiger partial charge in [0.05, 0.1) is 0 Å². The second kappa shape index (κ2) is 6.12. The number of likely N-dealkylation sites (tertiary alicyclic amines) is 2. The maximum Gasteiger partial charge on any atom is 0.245 e. The Kier molecular flexibility index (Phi) is 4.68. The number of rotatable bonds is 3. The van der Waals surface area contributed by atoms with E-state index in [1.54, 1.807) is 4.90 Å². The van der Waals surface area contributed by atoms with Crippen molar-refractivity contribution in [2.75, 3.05) is 19.6 Å². The summed E-state index contributed by atoms with van der Waals surface area (Å²) in [5.74, 6) is 0.587. The number of nitrogens with zero attached hydrogens (tertiary/aromatic N) is 2. The average Bonchev–Trinajstić information content (AvgIpc) is 3.03. The van der Waals surface area contributed by atoms with Crippen LogP contribution in [0.4, 0.5) is 0 Å². The van der Waals surface area contributed by atoms with Crippen LogP contribution < -0.4 is 5.73 Å². The van der Waals surface area contributed by atoms with Crippen molar-refractivity contribution in [1.29, 1.82) is 0 Å². The maximum atomic E-state index is 12.7. The molecule has 0 bridgehead atoms. The number of carbonyl (C=O) groups excluding carboxylic acids is 2. The van der Waals surface area contributed by atoms with Crippen LogP contribution in [0.3, 0.4) is 0 Å². The molecule has 0 spiro atoms. The van der Waals surface area contributed by atoms with Crippen molar-refractivity contribution in [1.82, 2.24) is 9.80 Å². The zero-order valence-corrected chi connectivity index (χ0v) is 12.8. The summed E-state index contributed by atoms with van der Waals surface area (Å²) in [6.45, 7) is 7.97. The molecule has 2 fully saturated rings. The van der Waals surface area contributed by atoms with Gasteiger partial charge in [-0.1, -0.05) is 13.8 Å². The molecule has 2 rings (SSSR count). The second-order valence-corrected chi connectivity index (χ2v) is 6.52. The third-order valence-electron chi connectivity index (χ3n) is 4.59. The van der Waals surface area contributed by atoms with E-state index >= 15 is 0 Å². The summed E-state index contributed by atoms with van der Waals surface area (Å²) in [5, 5.41) is 0. The highest BCUT2D eigenvalue weighted by molar-refractivity contribution is 5.89. The zero-order chi connectivity index (χ0) is 14.9. The van der Waals surface area contributed by atoms with Gasteiger partial charge in [0.15, 0.2) is 0 Å². The lowest BCUT2D eigenvalue weighted by molar-refractivity contribution is -0.145. The van der Waals surface area contributed by atoms with Crippen LogP contribution in [-0.4, -0.2) is 53.3 Å². The van der Waals surface area contributed by atoms with Crippen LogP contribution in [-0.2, 0) is 9.59 Å². The van der Waals surface area contributed by atoms with Gasteiger partial charge in [0.2, 0.25) is 11.8 Å². The number of nitrogens with two attached hydrogens (primary N) is 1. The fraction of sp³-hybridized carbons (Fsp3) is 0.867. The van der Waals surface area contributed by atoms with Gasteiger partial charge in [0.1, 0.15) is 6.04 Å². The molecule has 0 aromatic rings. The normalized spacial score (nSPS) is 30.4. The van der Waals surface area contributed by atoms with Crippen molar-refractivity contribution in [2.45, 2.75) is 52.1 Å². The largest absolute Gasteiger partial charge is 0.338 e. The quantitative estimate of drug-likeness (QED) is 0.833. The zero-order valence-electron chi connectivity index (χ0n) is 12.8. The van der Waals surface area contributed by atoms with Crippen molar-refractivity contribution < 1.29 is 9.59 Å². The Labute approximate surface area is 121 Å². The first kappa shape index (κ1) is 15.3. The molecule has 0 aromatic carbocycles. The Bertz CT molecular complexity index is 383. The Morgan fingerprint density at radius 1 is 1.30 bits per heavy atom. The van der Waals surface area contributed by atoms with Gasteiger partial charge in [-0.15, -0.1) is 0 Å². The molecule has 3 unspecified atom stereocenters. The highest BCUT2D eigenvalue weighted by Gasteiger charge is 2.41. The van der Waals surface area contributed by atoms with E-state index in [1.807, 2.05) is 18.7 Å². The molecular weight excluding hydrogens is 254 g/mol. The van der Waals surface area contributed by atoms with Crippen LogP contribution >= 0.6 is 0 Å². The Balaban J connectivity index is 2.06. The summed E-state index contributed by atoms with van der Waals surface area (Å²) in [6, 6.07) is -0.00322. The van der Waals surface area contributed by atoms with E-state index in [-0.39, 0.29) is 29.8 Å². The summed E-state index contributed by atoms with van der Waals surface area (Å²) < 4.78 is 0. The third kappa shape index (κ3) is 2.82. The number of amides is 2. The molecule has 20 heavy (non-hydrogen) atoms. The summed E-state index contributed by atoms with van der Waals surface area (Å²) in [4.78, 5) is 28.7. The van der Waals surface area contributed by atoms with Gasteiger partial charge < -0.3 is 15.5 Å². The summed E-state index contributed by atoms with van der Waals surface area (Å²) in [6.07, 6.45) is 2.71. The van der Waals surface area contributed by atoms with E-state index in [2.05, 4.69) is 6.92 Å². The van der Waals surface area contributed by atoms with Crippen molar-refractivity contribution in [2.24, 2.45) is 17.6 Å². The third-order valence-corrected chi connectivity index (χ3v) is 4.59. The van der Waals surface area contributed by atoms with Gasteiger partial charge in [-0.2, -0.15) is 0 Å². The predicted octanol–water partition coefficient (Wildman–Crippen LogP) is 0.829. The standard InChI is InChI=1S/C15H27N3O2/c1-10(2)14(19)17-6-4-5-13(17)15(20)18-9-12(8-16)7-11(18)3/h10-13H,4-9,16H2,1-3H3. The second-order valence-electron chi connectivity index (χ2n) is 6.52. The van der Waals surface area contributed by atoms with Crippen molar-refractivity contribution in [3.05, 3.63) is 0 Å². The van der Waals surface area contributed by atoms with E-state index in [9.17, 15) is 9.59 Å². The van der Waals surface area contributed by atoms with Gasteiger partial charge >= 0.3 is 0 Å². The molecule has 5 nitrogen and oxygen atoms in total. The minimum absolute atomic E-state index is 0.0452. The van der Waals surface area contributed by atoms with Crippen LogP contribution in [0.15, 0.2) is 0 Å². The van der Waals surface area contributed by atoms with Crippen LogP contribution in [0, 0.1) is 11.8 Å². The van der Waals surface area contributed by atoms with Crippen LogP contribution in [0.25, 0.3) is 0 Å². The van der Waals surface area contributed by atoms with Gasteiger partial charge in [-0.05, 0) is 38.6 Å². The monoisotopic (exact) mass is 281 g/mol. The molecule has 0 aromatic heterocycles. The van der Waals surface area contributed by atoms with Crippen molar-refractivity contribution >= 4 is 11.8 Å². The summed E-state index contributed by atoms with van der Waals surface area (Å²) in [5.41, 5.74) is 5.72. The Hall–Kier alpha value is -1.10. The molecular formula is C15H27N3O2. The highest BCUT2D eigenvalue weighted by Crippen LogP contribution is 2.27. The van der Waals surface area contributed by atoms with E-state index in [0.717, 1.165) is 32.4 Å². The lowest BCUT2D eigenvalue weighted by Crippen LogP contribution is -2.49. The first-order valence-corrected chi connectivity index (χ1v) is 7.76. The molecule has 0 saturated carbocycles. The molecule has 2 aliphatic heterocycles. The molecule has 2 N–H and O–H groups in total. The average molecular weight is 281 g/mol. The van der Waals surface area contributed by atoms with Gasteiger partial charge in [-0.3, -0.25) is 9.59 Å². The van der Waals surface area contributed by atoms with Crippen molar-refractivity contribution in [3.63, 3.8) is 0 Å². The minimum atomic E-state index is -0.246. The van der Waals surface area contributed by atoms with Gasteiger partial charge in [-0.25, -0.2) is 0 Å². The number of hydrogen-bond donors (Lipinski definition) is 1. The minimum Gasteiger partial charge on any atom is -0.338 e. The molecule has 5 heteroatoms. The van der Waals surface area contributed by atoms with Crippen LogP contribution in [0.2, 0.25) is 0 Å². The maximum absolute atomic E-state index is 12.7. The highest BCUT2D eigenvalue weighted by atomic mass is 16.2. The molecule has 2 amide bonds. The van der Waals surface area contributed by atoms with E-state index in [1.165, 1.54) is 0 Å². The summed E-state index contributed by atoms with van der Waals surface area (Å²) >= 11 is 0. The van der Waals surface area contributed by atoms with Crippen LogP contribution in [0.1, 0.15) is 40.0 Å². The van der Waals surface area contributed by atoms with Gasteiger partial charge in [0.25, 0.3) is 0 Å². The number of carbonyl (C=O) groups is 2. The molecule has 2 aliphatic rings. The fourth-order valence-corrected chi connectivity index (χ4v) is 3.43. The Morgan fingerprint density at radius 2 is 2.00 bits per heavy atom. The van der Waals surface area contributed by atoms with E-state index < -0.39 is 0 Å². The molecule has 114 valence electrons. The van der Waals surface area contributed by atoms with Crippen molar-refractivity contribution in [3.8, 4) is 0 Å². The SMILES string of the molecule is CC(C)C(=O)N1CCCC1C(=O)N1CC(CN)CC1C. The summed E-state index contributed by atoms with van der Waals surface area (Å²) in [7, 11) is 0. The van der Waals surface area contributed by atoms with E-state index in [4.69, 9.17) is 5.73 Å². The molecule has 3 atom stereocenters. The van der Waals surface area contributed by atoms with E-state index in [0.29, 0.717) is 12.5 Å². The van der Waals surface area contributed by atoms with Crippen LogP contribution in [0.5, 0.6) is 0 Å². The smallest absolute Gasteiger partial charge is 0.245 e. The fourth-order valence-electron chi connectivity index (χ4n) is 3.43. The first-order chi connectivity index (χ1) is 9.45.